The van der Waals surface area contributed by atoms with E-state index in [0.717, 1.165) is 18.9 Å². The Bertz CT molecular complexity index is 327. The zero-order valence-electron chi connectivity index (χ0n) is 10.9. The average molecular weight is 233 g/mol. The fourth-order valence-corrected chi connectivity index (χ4v) is 2.22. The lowest BCUT2D eigenvalue weighted by atomic mass is 9.99. The van der Waals surface area contributed by atoms with Gasteiger partial charge in [-0.3, -0.25) is 0 Å². The van der Waals surface area contributed by atoms with E-state index in [2.05, 4.69) is 43.4 Å². The smallest absolute Gasteiger partial charge is 0.119 e. The number of benzene rings is 1. The minimum absolute atomic E-state index is 0.546. The lowest BCUT2D eigenvalue weighted by molar-refractivity contribution is 0.277. The Labute approximate surface area is 104 Å². The monoisotopic (exact) mass is 233 g/mol. The van der Waals surface area contributed by atoms with Gasteiger partial charge >= 0.3 is 0 Å². The summed E-state index contributed by atoms with van der Waals surface area (Å²) in [6, 6.07) is 9.11. The predicted molar refractivity (Wildman–Crippen MR) is 71.7 cm³/mol. The van der Waals surface area contributed by atoms with Gasteiger partial charge in [0.25, 0.3) is 0 Å². The largest absolute Gasteiger partial charge is 0.492 e. The molecule has 2 rings (SSSR count). The standard InChI is InChI=1S/C15H23NO/c1-3-12(2)13-6-8-15(9-7-13)17-11-14-5-4-10-16-14/h6-9,12,14,16H,3-5,10-11H2,1-2H3/t12?,14-/m1/s1. The fraction of sp³-hybridized carbons (Fsp3) is 0.600. The van der Waals surface area contributed by atoms with Gasteiger partial charge < -0.3 is 10.1 Å². The van der Waals surface area contributed by atoms with Crippen molar-refractivity contribution in [1.82, 2.24) is 5.32 Å². The topological polar surface area (TPSA) is 21.3 Å². The van der Waals surface area contributed by atoms with Crippen LogP contribution in [0.2, 0.25) is 0 Å². The van der Waals surface area contributed by atoms with Crippen molar-refractivity contribution < 1.29 is 4.74 Å². The third-order valence-electron chi connectivity index (χ3n) is 3.68. The summed E-state index contributed by atoms with van der Waals surface area (Å²) in [5.41, 5.74) is 1.40. The Morgan fingerprint density at radius 1 is 1.35 bits per heavy atom. The van der Waals surface area contributed by atoms with Crippen molar-refractivity contribution in [1.29, 1.82) is 0 Å². The molecule has 2 atom stereocenters. The molecule has 94 valence electrons. The van der Waals surface area contributed by atoms with Gasteiger partial charge in [-0.1, -0.05) is 26.0 Å². The molecule has 0 aliphatic carbocycles. The van der Waals surface area contributed by atoms with Crippen LogP contribution in [-0.2, 0) is 0 Å². The number of hydrogen-bond acceptors (Lipinski definition) is 2. The van der Waals surface area contributed by atoms with Gasteiger partial charge in [0.15, 0.2) is 0 Å². The maximum absolute atomic E-state index is 5.80. The Morgan fingerprint density at radius 3 is 2.71 bits per heavy atom. The predicted octanol–water partition coefficient (Wildman–Crippen LogP) is 3.33. The molecule has 2 nitrogen and oxygen atoms in total. The molecule has 0 spiro atoms. The van der Waals surface area contributed by atoms with E-state index < -0.39 is 0 Å². The van der Waals surface area contributed by atoms with Crippen LogP contribution >= 0.6 is 0 Å². The zero-order valence-corrected chi connectivity index (χ0v) is 10.9. The Balaban J connectivity index is 1.84. The molecular weight excluding hydrogens is 210 g/mol. The first-order valence-corrected chi connectivity index (χ1v) is 6.75. The number of ether oxygens (including phenoxy) is 1. The normalized spacial score (nSPS) is 21.4. The molecule has 1 N–H and O–H groups in total. The van der Waals surface area contributed by atoms with Gasteiger partial charge in [-0.05, 0) is 49.4 Å². The van der Waals surface area contributed by atoms with Gasteiger partial charge in [0.1, 0.15) is 12.4 Å². The molecular formula is C15H23NO. The van der Waals surface area contributed by atoms with Crippen molar-refractivity contribution in [2.45, 2.75) is 45.1 Å². The molecule has 1 aliphatic rings. The second-order valence-corrected chi connectivity index (χ2v) is 4.98. The van der Waals surface area contributed by atoms with Gasteiger partial charge in [0, 0.05) is 6.04 Å². The molecule has 1 aliphatic heterocycles. The van der Waals surface area contributed by atoms with E-state index >= 15 is 0 Å². The summed E-state index contributed by atoms with van der Waals surface area (Å²) in [6.45, 7) is 6.42. The SMILES string of the molecule is CCC(C)c1ccc(OC[C@H]2CCCN2)cc1. The number of rotatable bonds is 5. The lowest BCUT2D eigenvalue weighted by Gasteiger charge is -2.13. The van der Waals surface area contributed by atoms with Crippen molar-refractivity contribution in [3.63, 3.8) is 0 Å². The highest BCUT2D eigenvalue weighted by Crippen LogP contribution is 2.21. The second kappa shape index (κ2) is 6.06. The molecule has 2 heteroatoms. The van der Waals surface area contributed by atoms with Crippen LogP contribution in [-0.4, -0.2) is 19.2 Å². The molecule has 1 saturated heterocycles. The van der Waals surface area contributed by atoms with Gasteiger partial charge in [0.2, 0.25) is 0 Å². The molecule has 0 aromatic heterocycles. The lowest BCUT2D eigenvalue weighted by Crippen LogP contribution is -2.28. The molecule has 0 saturated carbocycles. The molecule has 0 radical (unpaired) electrons. The highest BCUT2D eigenvalue weighted by Gasteiger charge is 2.14. The molecule has 0 bridgehead atoms. The van der Waals surface area contributed by atoms with Crippen molar-refractivity contribution in [3.8, 4) is 5.75 Å². The maximum Gasteiger partial charge on any atom is 0.119 e. The van der Waals surface area contributed by atoms with Crippen LogP contribution < -0.4 is 10.1 Å². The highest BCUT2D eigenvalue weighted by atomic mass is 16.5. The van der Waals surface area contributed by atoms with E-state index in [1.54, 1.807) is 0 Å². The van der Waals surface area contributed by atoms with E-state index in [-0.39, 0.29) is 0 Å². The Morgan fingerprint density at radius 2 is 2.12 bits per heavy atom. The van der Waals surface area contributed by atoms with Gasteiger partial charge in [0.05, 0.1) is 0 Å². The third-order valence-corrected chi connectivity index (χ3v) is 3.68. The molecule has 1 aromatic carbocycles. The summed E-state index contributed by atoms with van der Waals surface area (Å²) in [4.78, 5) is 0. The minimum Gasteiger partial charge on any atom is -0.492 e. The summed E-state index contributed by atoms with van der Waals surface area (Å²) in [6.07, 6.45) is 3.71. The van der Waals surface area contributed by atoms with E-state index in [1.165, 1.54) is 24.8 Å². The first-order chi connectivity index (χ1) is 8.29. The van der Waals surface area contributed by atoms with Crippen molar-refractivity contribution in [3.05, 3.63) is 29.8 Å². The second-order valence-electron chi connectivity index (χ2n) is 4.98. The molecule has 1 unspecified atom stereocenters. The molecule has 17 heavy (non-hydrogen) atoms. The summed E-state index contributed by atoms with van der Waals surface area (Å²) in [7, 11) is 0. The third kappa shape index (κ3) is 3.47. The van der Waals surface area contributed by atoms with Crippen molar-refractivity contribution in [2.24, 2.45) is 0 Å². The van der Waals surface area contributed by atoms with Gasteiger partial charge in [-0.2, -0.15) is 0 Å². The summed E-state index contributed by atoms with van der Waals surface area (Å²) in [5, 5.41) is 3.44. The van der Waals surface area contributed by atoms with Crippen molar-refractivity contribution in [2.75, 3.05) is 13.2 Å². The van der Waals surface area contributed by atoms with E-state index in [4.69, 9.17) is 4.74 Å². The molecule has 0 amide bonds. The highest BCUT2D eigenvalue weighted by molar-refractivity contribution is 5.29. The average Bonchev–Trinajstić information content (AvgIpc) is 2.89. The van der Waals surface area contributed by atoms with Gasteiger partial charge in [-0.25, -0.2) is 0 Å². The Kier molecular flexibility index (Phi) is 4.43. The van der Waals surface area contributed by atoms with Crippen LogP contribution in [0.15, 0.2) is 24.3 Å². The summed E-state index contributed by atoms with van der Waals surface area (Å²) in [5.74, 6) is 1.63. The summed E-state index contributed by atoms with van der Waals surface area (Å²) < 4.78 is 5.80. The van der Waals surface area contributed by atoms with Crippen LogP contribution in [0.5, 0.6) is 5.75 Å². The molecule has 1 heterocycles. The van der Waals surface area contributed by atoms with Crippen LogP contribution in [0.4, 0.5) is 0 Å². The van der Waals surface area contributed by atoms with E-state index in [1.807, 2.05) is 0 Å². The maximum atomic E-state index is 5.80. The van der Waals surface area contributed by atoms with Crippen LogP contribution in [0.3, 0.4) is 0 Å². The van der Waals surface area contributed by atoms with E-state index in [0.29, 0.717) is 12.0 Å². The number of hydrogen-bond donors (Lipinski definition) is 1. The number of nitrogens with one attached hydrogen (secondary N) is 1. The molecule has 1 aromatic rings. The van der Waals surface area contributed by atoms with Crippen molar-refractivity contribution >= 4 is 0 Å². The first kappa shape index (κ1) is 12.4. The Hall–Kier alpha value is -1.02. The van der Waals surface area contributed by atoms with Crippen LogP contribution in [0.25, 0.3) is 0 Å². The quantitative estimate of drug-likeness (QED) is 0.842. The molecule has 1 fully saturated rings. The zero-order chi connectivity index (χ0) is 12.1. The summed E-state index contributed by atoms with van der Waals surface area (Å²) >= 11 is 0. The van der Waals surface area contributed by atoms with Gasteiger partial charge in [-0.15, -0.1) is 0 Å². The fourth-order valence-electron chi connectivity index (χ4n) is 2.22. The minimum atomic E-state index is 0.546. The first-order valence-electron chi connectivity index (χ1n) is 6.75. The van der Waals surface area contributed by atoms with Crippen LogP contribution in [0.1, 0.15) is 44.6 Å². The van der Waals surface area contributed by atoms with Crippen LogP contribution in [0, 0.1) is 0 Å². The van der Waals surface area contributed by atoms with E-state index in [9.17, 15) is 0 Å².